The predicted octanol–water partition coefficient (Wildman–Crippen LogP) is 2.93. The number of alkyl halides is 3. The van der Waals surface area contributed by atoms with E-state index in [0.29, 0.717) is 5.56 Å². The zero-order valence-corrected chi connectivity index (χ0v) is 11.5. The van der Waals surface area contributed by atoms with E-state index in [2.05, 4.69) is 4.74 Å². The number of hydrogen-bond donors (Lipinski definition) is 1. The van der Waals surface area contributed by atoms with E-state index in [1.54, 1.807) is 0 Å². The Bertz CT molecular complexity index is 473. The fourth-order valence-electron chi connectivity index (χ4n) is 2.22. The van der Waals surface area contributed by atoms with Crippen LogP contribution in [0.1, 0.15) is 24.8 Å². The monoisotopic (exact) mass is 307 g/mol. The van der Waals surface area contributed by atoms with Gasteiger partial charge in [-0.05, 0) is 30.5 Å². The number of rotatable bonds is 6. The van der Waals surface area contributed by atoms with Gasteiger partial charge in [0.25, 0.3) is 0 Å². The number of carbonyl (C=O) groups is 1. The highest BCUT2D eigenvalue weighted by molar-refractivity contribution is 5.83. The minimum atomic E-state index is -4.31. The summed E-state index contributed by atoms with van der Waals surface area (Å²) in [6, 6.07) is 4.94. The van der Waals surface area contributed by atoms with Crippen molar-refractivity contribution in [3.8, 4) is 0 Å². The van der Waals surface area contributed by atoms with E-state index < -0.39 is 29.8 Å². The first-order valence-corrected chi connectivity index (χ1v) is 6.36. The minimum absolute atomic E-state index is 0.124. The van der Waals surface area contributed by atoms with Crippen LogP contribution >= 0.6 is 0 Å². The molecule has 0 aliphatic heterocycles. The van der Waals surface area contributed by atoms with E-state index >= 15 is 0 Å². The second-order valence-electron chi connectivity index (χ2n) is 4.75. The van der Waals surface area contributed by atoms with Crippen molar-refractivity contribution in [3.05, 3.63) is 35.6 Å². The summed E-state index contributed by atoms with van der Waals surface area (Å²) in [5.41, 5.74) is 4.58. The van der Waals surface area contributed by atoms with Gasteiger partial charge in [0.2, 0.25) is 0 Å². The standard InChI is InChI=1S/C14H17F4NO2/c1-21-12(20)13(9-19,7-2-8-14(16,17)18)10-3-5-11(15)6-4-10/h3-6H,2,7-9,19H2,1H3. The smallest absolute Gasteiger partial charge is 0.389 e. The van der Waals surface area contributed by atoms with Crippen molar-refractivity contribution in [1.29, 1.82) is 0 Å². The van der Waals surface area contributed by atoms with Crippen LogP contribution in [0.25, 0.3) is 0 Å². The van der Waals surface area contributed by atoms with Crippen LogP contribution in [0.4, 0.5) is 17.6 Å². The Balaban J connectivity index is 3.04. The molecule has 7 heteroatoms. The summed E-state index contributed by atoms with van der Waals surface area (Å²) in [4.78, 5) is 12.0. The maximum absolute atomic E-state index is 13.0. The van der Waals surface area contributed by atoms with Gasteiger partial charge >= 0.3 is 12.1 Å². The number of hydrogen-bond acceptors (Lipinski definition) is 3. The molecule has 1 atom stereocenters. The zero-order chi connectivity index (χ0) is 16.1. The molecule has 118 valence electrons. The number of carbonyl (C=O) groups excluding carboxylic acids is 1. The molecule has 0 heterocycles. The first kappa shape index (κ1) is 17.4. The summed E-state index contributed by atoms with van der Waals surface area (Å²) in [5, 5.41) is 0. The molecule has 1 aromatic rings. The average molecular weight is 307 g/mol. The summed E-state index contributed by atoms with van der Waals surface area (Å²) in [5.74, 6) is -1.23. The molecule has 1 rings (SSSR count). The Morgan fingerprint density at radius 1 is 1.19 bits per heavy atom. The molecular formula is C14H17F4NO2. The molecule has 0 bridgehead atoms. The van der Waals surface area contributed by atoms with Crippen LogP contribution < -0.4 is 5.73 Å². The van der Waals surface area contributed by atoms with Crippen LogP contribution in [0.2, 0.25) is 0 Å². The first-order chi connectivity index (χ1) is 9.75. The molecule has 1 aromatic carbocycles. The summed E-state index contributed by atoms with van der Waals surface area (Å²) in [7, 11) is 1.14. The first-order valence-electron chi connectivity index (χ1n) is 6.36. The van der Waals surface area contributed by atoms with Crippen LogP contribution in [0.3, 0.4) is 0 Å². The Labute approximate surface area is 120 Å². The predicted molar refractivity (Wildman–Crippen MR) is 69.1 cm³/mol. The third-order valence-corrected chi connectivity index (χ3v) is 3.39. The molecule has 0 radical (unpaired) electrons. The molecule has 0 aliphatic rings. The normalized spacial score (nSPS) is 14.6. The Kier molecular flexibility index (Phi) is 5.71. The van der Waals surface area contributed by atoms with Crippen molar-refractivity contribution in [3.63, 3.8) is 0 Å². The second kappa shape index (κ2) is 6.89. The molecule has 0 spiro atoms. The number of benzene rings is 1. The third kappa shape index (κ3) is 4.42. The zero-order valence-electron chi connectivity index (χ0n) is 11.5. The highest BCUT2D eigenvalue weighted by Gasteiger charge is 2.41. The maximum atomic E-state index is 13.0. The highest BCUT2D eigenvalue weighted by Crippen LogP contribution is 2.33. The SMILES string of the molecule is COC(=O)C(CN)(CCCC(F)(F)F)c1ccc(F)cc1. The molecule has 0 aliphatic carbocycles. The van der Waals surface area contributed by atoms with Crippen molar-refractivity contribution in [2.45, 2.75) is 30.9 Å². The number of methoxy groups -OCH3 is 1. The molecule has 21 heavy (non-hydrogen) atoms. The van der Waals surface area contributed by atoms with Crippen molar-refractivity contribution < 1.29 is 27.1 Å². The summed E-state index contributed by atoms with van der Waals surface area (Å²) in [6.07, 6.45) is -5.72. The van der Waals surface area contributed by atoms with Gasteiger partial charge in [0, 0.05) is 13.0 Å². The molecule has 2 N–H and O–H groups in total. The third-order valence-electron chi connectivity index (χ3n) is 3.39. The molecule has 0 aromatic heterocycles. The van der Waals surface area contributed by atoms with E-state index in [1.165, 1.54) is 12.1 Å². The van der Waals surface area contributed by atoms with Crippen LogP contribution in [-0.2, 0) is 14.9 Å². The molecule has 0 fully saturated rings. The van der Waals surface area contributed by atoms with Gasteiger partial charge in [0.1, 0.15) is 11.2 Å². The van der Waals surface area contributed by atoms with Crippen LogP contribution in [0.5, 0.6) is 0 Å². The molecule has 1 unspecified atom stereocenters. The van der Waals surface area contributed by atoms with E-state index in [1.807, 2.05) is 0 Å². The lowest BCUT2D eigenvalue weighted by atomic mass is 9.76. The van der Waals surface area contributed by atoms with Crippen molar-refractivity contribution in [2.24, 2.45) is 5.73 Å². The van der Waals surface area contributed by atoms with Crippen molar-refractivity contribution in [2.75, 3.05) is 13.7 Å². The molecular weight excluding hydrogens is 290 g/mol. The summed E-state index contributed by atoms with van der Waals surface area (Å²) in [6.45, 7) is -0.219. The topological polar surface area (TPSA) is 52.3 Å². The van der Waals surface area contributed by atoms with Gasteiger partial charge in [-0.1, -0.05) is 12.1 Å². The average Bonchev–Trinajstić information content (AvgIpc) is 2.43. The number of halogens is 4. The van der Waals surface area contributed by atoms with E-state index in [4.69, 9.17) is 5.73 Å². The van der Waals surface area contributed by atoms with Gasteiger partial charge in [0.05, 0.1) is 7.11 Å². The fraction of sp³-hybridized carbons (Fsp3) is 0.500. The largest absolute Gasteiger partial charge is 0.468 e. The Hall–Kier alpha value is -1.63. The minimum Gasteiger partial charge on any atom is -0.468 e. The number of nitrogens with two attached hydrogens (primary N) is 1. The van der Waals surface area contributed by atoms with Crippen LogP contribution in [0.15, 0.2) is 24.3 Å². The van der Waals surface area contributed by atoms with Crippen LogP contribution in [-0.4, -0.2) is 25.8 Å². The lowest BCUT2D eigenvalue weighted by molar-refractivity contribution is -0.150. The van der Waals surface area contributed by atoms with Gasteiger partial charge < -0.3 is 10.5 Å². The Morgan fingerprint density at radius 3 is 2.19 bits per heavy atom. The number of esters is 1. The van der Waals surface area contributed by atoms with Gasteiger partial charge in [0.15, 0.2) is 0 Å². The van der Waals surface area contributed by atoms with E-state index in [9.17, 15) is 22.4 Å². The molecule has 3 nitrogen and oxygen atoms in total. The lowest BCUT2D eigenvalue weighted by Crippen LogP contribution is -2.44. The molecule has 0 saturated heterocycles. The second-order valence-corrected chi connectivity index (χ2v) is 4.75. The quantitative estimate of drug-likeness (QED) is 0.649. The fourth-order valence-corrected chi connectivity index (χ4v) is 2.22. The van der Waals surface area contributed by atoms with E-state index in [0.717, 1.165) is 19.2 Å². The van der Waals surface area contributed by atoms with Crippen molar-refractivity contribution >= 4 is 5.97 Å². The van der Waals surface area contributed by atoms with Gasteiger partial charge in [-0.3, -0.25) is 4.79 Å². The molecule has 0 amide bonds. The van der Waals surface area contributed by atoms with Crippen LogP contribution in [0, 0.1) is 5.82 Å². The van der Waals surface area contributed by atoms with Crippen molar-refractivity contribution in [1.82, 2.24) is 0 Å². The lowest BCUT2D eigenvalue weighted by Gasteiger charge is -2.30. The van der Waals surface area contributed by atoms with Gasteiger partial charge in [-0.15, -0.1) is 0 Å². The summed E-state index contributed by atoms with van der Waals surface area (Å²) >= 11 is 0. The maximum Gasteiger partial charge on any atom is 0.389 e. The summed E-state index contributed by atoms with van der Waals surface area (Å²) < 4.78 is 54.5. The molecule has 0 saturated carbocycles. The number of ether oxygens (including phenoxy) is 1. The Morgan fingerprint density at radius 2 is 1.76 bits per heavy atom. The van der Waals surface area contributed by atoms with Gasteiger partial charge in [-0.2, -0.15) is 13.2 Å². The van der Waals surface area contributed by atoms with Gasteiger partial charge in [-0.25, -0.2) is 4.39 Å². The van der Waals surface area contributed by atoms with E-state index in [-0.39, 0.29) is 19.4 Å². The highest BCUT2D eigenvalue weighted by atomic mass is 19.4.